The minimum absolute atomic E-state index is 0.0118. The van der Waals surface area contributed by atoms with E-state index in [1.54, 1.807) is 0 Å². The van der Waals surface area contributed by atoms with Crippen molar-refractivity contribution in [2.45, 2.75) is 24.3 Å². The van der Waals surface area contributed by atoms with Crippen LogP contribution in [-0.4, -0.2) is 54.3 Å². The highest BCUT2D eigenvalue weighted by Gasteiger charge is 2.27. The van der Waals surface area contributed by atoms with Crippen LogP contribution in [0.5, 0.6) is 0 Å². The van der Waals surface area contributed by atoms with E-state index in [1.807, 2.05) is 0 Å². The van der Waals surface area contributed by atoms with Gasteiger partial charge in [0.15, 0.2) is 0 Å². The summed E-state index contributed by atoms with van der Waals surface area (Å²) in [5.74, 6) is -1.67. The SMILES string of the molecule is COC(=O)c1cc([N+](=O)[O-])c(=O)n(CC(=O)Nc2cccc(S(=O)(=O)N3CCCC3)c2)c1. The van der Waals surface area contributed by atoms with Gasteiger partial charge < -0.3 is 10.1 Å². The molecule has 1 amide bonds. The summed E-state index contributed by atoms with van der Waals surface area (Å²) < 4.78 is 32.0. The van der Waals surface area contributed by atoms with Crippen LogP contribution in [-0.2, 0) is 26.1 Å². The van der Waals surface area contributed by atoms with Gasteiger partial charge in [-0.2, -0.15) is 4.31 Å². The van der Waals surface area contributed by atoms with E-state index >= 15 is 0 Å². The fourth-order valence-corrected chi connectivity index (χ4v) is 4.83. The molecule has 13 heteroatoms. The molecule has 2 heterocycles. The molecule has 32 heavy (non-hydrogen) atoms. The molecule has 3 rings (SSSR count). The van der Waals surface area contributed by atoms with Gasteiger partial charge in [-0.3, -0.25) is 24.3 Å². The Morgan fingerprint density at radius 3 is 2.53 bits per heavy atom. The molecule has 1 aromatic carbocycles. The number of rotatable bonds is 7. The number of carbonyl (C=O) groups is 2. The third-order valence-electron chi connectivity index (χ3n) is 4.82. The highest BCUT2D eigenvalue weighted by atomic mass is 32.2. The molecule has 0 atom stereocenters. The largest absolute Gasteiger partial charge is 0.465 e. The van der Waals surface area contributed by atoms with E-state index in [4.69, 9.17) is 0 Å². The average Bonchev–Trinajstić information content (AvgIpc) is 3.30. The Balaban J connectivity index is 1.83. The molecule has 0 bridgehead atoms. The number of nitrogens with zero attached hydrogens (tertiary/aromatic N) is 3. The monoisotopic (exact) mass is 464 g/mol. The average molecular weight is 464 g/mol. The molecule has 1 aromatic heterocycles. The first-order valence-corrected chi connectivity index (χ1v) is 10.9. The van der Waals surface area contributed by atoms with Gasteiger partial charge in [0, 0.05) is 31.0 Å². The predicted octanol–water partition coefficient (Wildman–Crippen LogP) is 0.966. The highest BCUT2D eigenvalue weighted by molar-refractivity contribution is 7.89. The molecule has 12 nitrogen and oxygen atoms in total. The van der Waals surface area contributed by atoms with E-state index in [1.165, 1.54) is 28.6 Å². The summed E-state index contributed by atoms with van der Waals surface area (Å²) in [6, 6.07) is 6.42. The summed E-state index contributed by atoms with van der Waals surface area (Å²) in [7, 11) is -2.63. The topological polar surface area (TPSA) is 158 Å². The maximum absolute atomic E-state index is 12.7. The number of amides is 1. The van der Waals surface area contributed by atoms with E-state index in [-0.39, 0.29) is 16.1 Å². The van der Waals surface area contributed by atoms with Gasteiger partial charge in [0.05, 0.1) is 22.5 Å². The zero-order chi connectivity index (χ0) is 23.5. The van der Waals surface area contributed by atoms with Crippen molar-refractivity contribution < 1.29 is 27.7 Å². The summed E-state index contributed by atoms with van der Waals surface area (Å²) in [6.07, 6.45) is 2.54. The summed E-state index contributed by atoms with van der Waals surface area (Å²) in [4.78, 5) is 46.7. The minimum Gasteiger partial charge on any atom is -0.465 e. The standard InChI is InChI=1S/C19H20N4O8S/c1-31-19(26)13-9-16(23(27)28)18(25)21(11-13)12-17(24)20-14-5-4-6-15(10-14)32(29,30)22-7-2-3-8-22/h4-6,9-11H,2-3,7-8,12H2,1H3,(H,20,24). The van der Waals surface area contributed by atoms with Crippen LogP contribution < -0.4 is 10.9 Å². The lowest BCUT2D eigenvalue weighted by Crippen LogP contribution is -2.30. The Kier molecular flexibility index (Phi) is 6.69. The van der Waals surface area contributed by atoms with E-state index in [0.29, 0.717) is 17.7 Å². The quantitative estimate of drug-likeness (QED) is 0.361. The first-order chi connectivity index (χ1) is 15.1. The van der Waals surface area contributed by atoms with Gasteiger partial charge in [0.2, 0.25) is 15.9 Å². The van der Waals surface area contributed by atoms with Crippen LogP contribution in [0.4, 0.5) is 11.4 Å². The first kappa shape index (κ1) is 23.1. The van der Waals surface area contributed by atoms with Crippen LogP contribution in [0.15, 0.2) is 46.2 Å². The molecule has 1 N–H and O–H groups in total. The molecule has 0 saturated carbocycles. The Hall–Kier alpha value is -3.58. The number of pyridine rings is 1. The van der Waals surface area contributed by atoms with Gasteiger partial charge >= 0.3 is 17.2 Å². The smallest absolute Gasteiger partial charge is 0.339 e. The fraction of sp³-hybridized carbons (Fsp3) is 0.316. The number of carbonyl (C=O) groups excluding carboxylic acids is 2. The Morgan fingerprint density at radius 2 is 1.91 bits per heavy atom. The summed E-state index contributed by atoms with van der Waals surface area (Å²) in [6.45, 7) is 0.210. The van der Waals surface area contributed by atoms with Crippen molar-refractivity contribution in [1.82, 2.24) is 8.87 Å². The van der Waals surface area contributed by atoms with Gasteiger partial charge in [-0.1, -0.05) is 6.07 Å². The maximum atomic E-state index is 12.7. The van der Waals surface area contributed by atoms with Crippen molar-refractivity contribution in [2.24, 2.45) is 0 Å². The van der Waals surface area contributed by atoms with Crippen LogP contribution in [0.3, 0.4) is 0 Å². The van der Waals surface area contributed by atoms with Crippen molar-refractivity contribution in [3.05, 3.63) is 62.6 Å². The van der Waals surface area contributed by atoms with Crippen LogP contribution >= 0.6 is 0 Å². The molecule has 1 aliphatic rings. The van der Waals surface area contributed by atoms with Crippen molar-refractivity contribution in [3.8, 4) is 0 Å². The molecule has 0 spiro atoms. The molecule has 1 fully saturated rings. The summed E-state index contributed by atoms with van der Waals surface area (Å²) >= 11 is 0. The third-order valence-corrected chi connectivity index (χ3v) is 6.71. The van der Waals surface area contributed by atoms with Crippen LogP contribution in [0.2, 0.25) is 0 Å². The molecule has 1 aliphatic heterocycles. The van der Waals surface area contributed by atoms with E-state index in [9.17, 15) is 32.9 Å². The number of aromatic nitrogens is 1. The van der Waals surface area contributed by atoms with Gasteiger partial charge in [-0.05, 0) is 31.0 Å². The third kappa shape index (κ3) is 4.84. The molecule has 0 unspecified atom stereocenters. The van der Waals surface area contributed by atoms with Crippen molar-refractivity contribution in [2.75, 3.05) is 25.5 Å². The number of hydrogen-bond acceptors (Lipinski definition) is 8. The highest BCUT2D eigenvalue weighted by Crippen LogP contribution is 2.23. The summed E-state index contributed by atoms with van der Waals surface area (Å²) in [5, 5.41) is 13.6. The number of anilines is 1. The predicted molar refractivity (Wildman–Crippen MR) is 112 cm³/mol. The van der Waals surface area contributed by atoms with Crippen molar-refractivity contribution in [3.63, 3.8) is 0 Å². The Labute approximate surface area is 182 Å². The van der Waals surface area contributed by atoms with Gasteiger partial charge in [0.25, 0.3) is 0 Å². The van der Waals surface area contributed by atoms with E-state index in [2.05, 4.69) is 10.1 Å². The number of nitrogens with one attached hydrogen (secondary N) is 1. The lowest BCUT2D eigenvalue weighted by molar-refractivity contribution is -0.386. The van der Waals surface area contributed by atoms with Gasteiger partial charge in [0.1, 0.15) is 6.54 Å². The zero-order valence-corrected chi connectivity index (χ0v) is 17.8. The van der Waals surface area contributed by atoms with Crippen LogP contribution in [0.1, 0.15) is 23.2 Å². The molecule has 1 saturated heterocycles. The first-order valence-electron chi connectivity index (χ1n) is 9.50. The molecule has 170 valence electrons. The second kappa shape index (κ2) is 9.28. The number of nitro groups is 1. The van der Waals surface area contributed by atoms with Crippen LogP contribution in [0, 0.1) is 10.1 Å². The second-order valence-electron chi connectivity index (χ2n) is 6.98. The molecule has 0 radical (unpaired) electrons. The molecular weight excluding hydrogens is 444 g/mol. The zero-order valence-electron chi connectivity index (χ0n) is 17.0. The second-order valence-corrected chi connectivity index (χ2v) is 8.92. The number of benzene rings is 1. The van der Waals surface area contributed by atoms with Gasteiger partial charge in [-0.15, -0.1) is 0 Å². The number of sulfonamides is 1. The summed E-state index contributed by atoms with van der Waals surface area (Å²) in [5.41, 5.74) is -2.07. The normalized spacial score (nSPS) is 14.2. The molecule has 2 aromatic rings. The van der Waals surface area contributed by atoms with E-state index in [0.717, 1.165) is 32.2 Å². The molecule has 0 aliphatic carbocycles. The Morgan fingerprint density at radius 1 is 1.22 bits per heavy atom. The number of ether oxygens (including phenoxy) is 1. The van der Waals surface area contributed by atoms with Crippen molar-refractivity contribution >= 4 is 33.3 Å². The van der Waals surface area contributed by atoms with Crippen molar-refractivity contribution in [1.29, 1.82) is 0 Å². The number of hydrogen-bond donors (Lipinski definition) is 1. The number of methoxy groups -OCH3 is 1. The number of esters is 1. The lowest BCUT2D eigenvalue weighted by atomic mass is 10.2. The maximum Gasteiger partial charge on any atom is 0.339 e. The van der Waals surface area contributed by atoms with Gasteiger partial charge in [-0.25, -0.2) is 13.2 Å². The minimum atomic E-state index is -3.70. The molecular formula is C19H20N4O8S. The lowest BCUT2D eigenvalue weighted by Gasteiger charge is -2.16. The fourth-order valence-electron chi connectivity index (χ4n) is 3.26. The van der Waals surface area contributed by atoms with E-state index < -0.39 is 44.6 Å². The Bertz CT molecular complexity index is 1230. The van der Waals surface area contributed by atoms with Crippen LogP contribution in [0.25, 0.3) is 0 Å².